The molecule has 2 fully saturated rings. The van der Waals surface area contributed by atoms with E-state index in [0.717, 1.165) is 0 Å². The number of alkyl halides is 2. The molecule has 0 unspecified atom stereocenters. The minimum absolute atomic E-state index is 0.154. The fourth-order valence-corrected chi connectivity index (χ4v) is 3.26. The summed E-state index contributed by atoms with van der Waals surface area (Å²) in [6.45, 7) is 0. The third kappa shape index (κ3) is 4.32. The van der Waals surface area contributed by atoms with E-state index < -0.39 is 11.9 Å². The smallest absolute Gasteiger partial charge is 0.248 e. The summed E-state index contributed by atoms with van der Waals surface area (Å²) in [4.78, 5) is 8.60. The van der Waals surface area contributed by atoms with Crippen LogP contribution in [0.1, 0.15) is 38.5 Å². The summed E-state index contributed by atoms with van der Waals surface area (Å²) >= 11 is 0. The minimum atomic E-state index is -2.62. The number of halogens is 3. The highest BCUT2D eigenvalue weighted by Crippen LogP contribution is 2.34. The van der Waals surface area contributed by atoms with Crippen molar-refractivity contribution in [1.82, 2.24) is 19.7 Å². The number of aliphatic hydroxyl groups excluding tert-OH is 1. The Labute approximate surface area is 153 Å². The van der Waals surface area contributed by atoms with Crippen LogP contribution in [0.15, 0.2) is 18.3 Å². The molecular formula is C17H20F3N5O2. The minimum Gasteiger partial charge on any atom is -0.474 e. The SMILES string of the molecule is OC1CC(Oc2cc(-n3ccc(F)n3)nc(NC3CCC(F)(F)CC3)n2)C1. The first-order chi connectivity index (χ1) is 12.9. The van der Waals surface area contributed by atoms with E-state index in [2.05, 4.69) is 20.4 Å². The maximum absolute atomic E-state index is 13.3. The maximum atomic E-state index is 13.3. The standard InChI is InChI=1S/C17H20F3N5O2/c18-13-3-6-25(24-13)14-9-15(27-12-7-11(26)8-12)23-16(22-14)21-10-1-4-17(19,20)5-2-10/h3,6,9-12,26H,1-2,4-5,7-8H2,(H,21,22,23). The van der Waals surface area contributed by atoms with Crippen molar-refractivity contribution in [2.45, 2.75) is 62.7 Å². The molecule has 2 N–H and O–H groups in total. The number of nitrogens with zero attached hydrogens (tertiary/aromatic N) is 4. The Morgan fingerprint density at radius 3 is 2.59 bits per heavy atom. The predicted octanol–water partition coefficient (Wildman–Crippen LogP) is 2.69. The number of ether oxygens (including phenoxy) is 1. The van der Waals surface area contributed by atoms with Crippen molar-refractivity contribution in [2.75, 3.05) is 5.32 Å². The molecule has 0 saturated heterocycles. The molecule has 2 saturated carbocycles. The van der Waals surface area contributed by atoms with Crippen LogP contribution in [-0.2, 0) is 0 Å². The second-order valence-electron chi connectivity index (χ2n) is 7.11. The Morgan fingerprint density at radius 1 is 1.22 bits per heavy atom. The van der Waals surface area contributed by atoms with Gasteiger partial charge in [0.2, 0.25) is 23.7 Å². The van der Waals surface area contributed by atoms with Crippen LogP contribution in [0.3, 0.4) is 0 Å². The number of anilines is 1. The maximum Gasteiger partial charge on any atom is 0.248 e. The van der Waals surface area contributed by atoms with Gasteiger partial charge in [0, 0.05) is 50.1 Å². The monoisotopic (exact) mass is 383 g/mol. The van der Waals surface area contributed by atoms with Gasteiger partial charge in [-0.1, -0.05) is 0 Å². The van der Waals surface area contributed by atoms with Crippen molar-refractivity contribution in [3.8, 4) is 11.7 Å². The summed E-state index contributed by atoms with van der Waals surface area (Å²) in [5, 5.41) is 16.2. The summed E-state index contributed by atoms with van der Waals surface area (Å²) in [5.74, 6) is -2.49. The molecule has 4 rings (SSSR count). The van der Waals surface area contributed by atoms with E-state index in [1.807, 2.05) is 0 Å². The summed E-state index contributed by atoms with van der Waals surface area (Å²) in [7, 11) is 0. The van der Waals surface area contributed by atoms with Crippen LogP contribution in [0.4, 0.5) is 19.1 Å². The van der Waals surface area contributed by atoms with Crippen LogP contribution in [-0.4, -0.2) is 49.0 Å². The molecule has 0 atom stereocenters. The van der Waals surface area contributed by atoms with Gasteiger partial charge in [0.15, 0.2) is 5.82 Å². The number of hydrogen-bond acceptors (Lipinski definition) is 6. The second-order valence-corrected chi connectivity index (χ2v) is 7.11. The van der Waals surface area contributed by atoms with E-state index in [-0.39, 0.29) is 42.9 Å². The normalized spacial score (nSPS) is 25.0. The van der Waals surface area contributed by atoms with Crippen molar-refractivity contribution in [2.24, 2.45) is 0 Å². The predicted molar refractivity (Wildman–Crippen MR) is 89.6 cm³/mol. The Kier molecular flexibility index (Phi) is 4.67. The average molecular weight is 383 g/mol. The molecular weight excluding hydrogens is 363 g/mol. The highest BCUT2D eigenvalue weighted by molar-refractivity contribution is 5.38. The summed E-state index contributed by atoms with van der Waals surface area (Å²) in [6, 6.07) is 2.55. The second kappa shape index (κ2) is 6.99. The molecule has 0 radical (unpaired) electrons. The topological polar surface area (TPSA) is 85.1 Å². The van der Waals surface area contributed by atoms with Crippen LogP contribution < -0.4 is 10.1 Å². The molecule has 0 spiro atoms. The molecule has 2 aliphatic carbocycles. The molecule has 7 nitrogen and oxygen atoms in total. The molecule has 0 aromatic carbocycles. The number of aliphatic hydroxyl groups is 1. The molecule has 2 aliphatic rings. The van der Waals surface area contributed by atoms with Crippen molar-refractivity contribution in [3.05, 3.63) is 24.3 Å². The van der Waals surface area contributed by atoms with E-state index >= 15 is 0 Å². The van der Waals surface area contributed by atoms with Gasteiger partial charge < -0.3 is 15.2 Å². The van der Waals surface area contributed by atoms with Crippen LogP contribution >= 0.6 is 0 Å². The van der Waals surface area contributed by atoms with Gasteiger partial charge in [0.05, 0.1) is 6.10 Å². The van der Waals surface area contributed by atoms with Gasteiger partial charge in [-0.2, -0.15) is 14.4 Å². The summed E-state index contributed by atoms with van der Waals surface area (Å²) in [6.07, 6.45) is 2.16. The lowest BCUT2D eigenvalue weighted by atomic mass is 9.92. The molecule has 27 heavy (non-hydrogen) atoms. The Bertz CT molecular complexity index is 800. The number of rotatable bonds is 5. The van der Waals surface area contributed by atoms with E-state index in [1.165, 1.54) is 23.0 Å². The molecule has 10 heteroatoms. The molecule has 0 amide bonds. The zero-order chi connectivity index (χ0) is 19.0. The van der Waals surface area contributed by atoms with Crippen molar-refractivity contribution in [1.29, 1.82) is 0 Å². The largest absolute Gasteiger partial charge is 0.474 e. The van der Waals surface area contributed by atoms with Crippen LogP contribution in [0, 0.1) is 5.95 Å². The molecule has 0 bridgehead atoms. The number of aromatic nitrogens is 4. The van der Waals surface area contributed by atoms with E-state index in [0.29, 0.717) is 31.5 Å². The fraction of sp³-hybridized carbons (Fsp3) is 0.588. The van der Waals surface area contributed by atoms with Gasteiger partial charge in [-0.15, -0.1) is 5.10 Å². The first-order valence-electron chi connectivity index (χ1n) is 8.96. The van der Waals surface area contributed by atoms with E-state index in [4.69, 9.17) is 4.74 Å². The fourth-order valence-electron chi connectivity index (χ4n) is 3.26. The van der Waals surface area contributed by atoms with E-state index in [1.54, 1.807) is 0 Å². The quantitative estimate of drug-likeness (QED) is 0.826. The van der Waals surface area contributed by atoms with Crippen LogP contribution in [0.25, 0.3) is 5.82 Å². The Balaban J connectivity index is 1.54. The van der Waals surface area contributed by atoms with Gasteiger partial charge in [0.25, 0.3) is 0 Å². The average Bonchev–Trinajstić information content (AvgIpc) is 3.02. The summed E-state index contributed by atoms with van der Waals surface area (Å²) < 4.78 is 46.9. The summed E-state index contributed by atoms with van der Waals surface area (Å²) in [5.41, 5.74) is 0. The third-order valence-corrected chi connectivity index (χ3v) is 4.89. The van der Waals surface area contributed by atoms with Crippen molar-refractivity contribution < 1.29 is 23.0 Å². The first kappa shape index (κ1) is 18.0. The molecule has 146 valence electrons. The van der Waals surface area contributed by atoms with Crippen molar-refractivity contribution in [3.63, 3.8) is 0 Å². The molecule has 2 aromatic rings. The highest BCUT2D eigenvalue weighted by atomic mass is 19.3. The van der Waals surface area contributed by atoms with Crippen molar-refractivity contribution >= 4 is 5.95 Å². The lowest BCUT2D eigenvalue weighted by Gasteiger charge is -2.31. The zero-order valence-electron chi connectivity index (χ0n) is 14.5. The van der Waals surface area contributed by atoms with Gasteiger partial charge in [-0.05, 0) is 12.8 Å². The molecule has 0 aliphatic heterocycles. The lowest BCUT2D eigenvalue weighted by molar-refractivity contribution is -0.0361. The lowest BCUT2D eigenvalue weighted by Crippen LogP contribution is -2.37. The zero-order valence-corrected chi connectivity index (χ0v) is 14.5. The molecule has 2 aromatic heterocycles. The van der Waals surface area contributed by atoms with Gasteiger partial charge in [0.1, 0.15) is 6.10 Å². The third-order valence-electron chi connectivity index (χ3n) is 4.89. The Morgan fingerprint density at radius 2 is 1.96 bits per heavy atom. The van der Waals surface area contributed by atoms with Crippen LogP contribution in [0.2, 0.25) is 0 Å². The van der Waals surface area contributed by atoms with E-state index in [9.17, 15) is 18.3 Å². The molecule has 2 heterocycles. The van der Waals surface area contributed by atoms with Gasteiger partial charge in [-0.3, -0.25) is 0 Å². The highest BCUT2D eigenvalue weighted by Gasteiger charge is 2.35. The number of hydrogen-bond donors (Lipinski definition) is 2. The number of nitrogens with one attached hydrogen (secondary N) is 1. The van der Waals surface area contributed by atoms with Crippen LogP contribution in [0.5, 0.6) is 5.88 Å². The van der Waals surface area contributed by atoms with Gasteiger partial charge >= 0.3 is 0 Å². The Hall–Kier alpha value is -2.36. The van der Waals surface area contributed by atoms with Gasteiger partial charge in [-0.25, -0.2) is 13.5 Å². The first-order valence-corrected chi connectivity index (χ1v) is 8.96.